The lowest BCUT2D eigenvalue weighted by molar-refractivity contribution is -0.0687. The molecule has 1 saturated heterocycles. The van der Waals surface area contributed by atoms with E-state index in [0.29, 0.717) is 6.04 Å². The highest BCUT2D eigenvalue weighted by Gasteiger charge is 2.30. The predicted octanol–water partition coefficient (Wildman–Crippen LogP) is 4.14. The molecule has 0 saturated carbocycles. The van der Waals surface area contributed by atoms with Crippen LogP contribution in [0, 0.1) is 11.7 Å². The zero-order valence-electron chi connectivity index (χ0n) is 11.7. The Hall–Kier alpha value is -1.13. The Kier molecular flexibility index (Phi) is 3.02. The molecule has 1 aromatic heterocycles. The van der Waals surface area contributed by atoms with Crippen molar-refractivity contribution >= 4 is 23.3 Å². The van der Waals surface area contributed by atoms with Gasteiger partial charge in [-0.3, -0.25) is 0 Å². The first-order chi connectivity index (χ1) is 8.96. The lowest BCUT2D eigenvalue weighted by Gasteiger charge is -2.36. The maximum atomic E-state index is 5.81. The van der Waals surface area contributed by atoms with Crippen molar-refractivity contribution in [1.29, 1.82) is 0 Å². The number of hydrogen-bond donors (Lipinski definition) is 1. The van der Waals surface area contributed by atoms with Gasteiger partial charge in [-0.15, -0.1) is 0 Å². The summed E-state index contributed by atoms with van der Waals surface area (Å²) in [4.78, 5) is 3.32. The molecule has 1 aromatic carbocycles. The molecule has 4 heteroatoms. The maximum Gasteiger partial charge on any atom is 0.178 e. The predicted molar refractivity (Wildman–Crippen MR) is 80.2 cm³/mol. The third kappa shape index (κ3) is 2.35. The number of aromatic nitrogens is 2. The van der Waals surface area contributed by atoms with E-state index in [0.717, 1.165) is 29.7 Å². The van der Waals surface area contributed by atoms with Crippen LogP contribution in [0.5, 0.6) is 0 Å². The number of imidazole rings is 1. The zero-order chi connectivity index (χ0) is 13.6. The van der Waals surface area contributed by atoms with Gasteiger partial charge in [0, 0.05) is 12.6 Å². The van der Waals surface area contributed by atoms with Gasteiger partial charge in [0.2, 0.25) is 0 Å². The summed E-state index contributed by atoms with van der Waals surface area (Å²) in [5.74, 6) is 0. The van der Waals surface area contributed by atoms with E-state index in [1.807, 2.05) is 0 Å². The molecule has 1 atom stereocenters. The highest BCUT2D eigenvalue weighted by atomic mass is 32.1. The monoisotopic (exact) mass is 276 g/mol. The van der Waals surface area contributed by atoms with E-state index in [1.54, 1.807) is 0 Å². The zero-order valence-corrected chi connectivity index (χ0v) is 12.5. The topological polar surface area (TPSA) is 29.9 Å². The molecule has 1 N–H and O–H groups in total. The van der Waals surface area contributed by atoms with E-state index in [-0.39, 0.29) is 5.60 Å². The smallest absolute Gasteiger partial charge is 0.178 e. The molecule has 1 unspecified atom stereocenters. The first kappa shape index (κ1) is 12.9. The first-order valence-electron chi connectivity index (χ1n) is 6.81. The summed E-state index contributed by atoms with van der Waals surface area (Å²) in [6.07, 6.45) is 2.03. The molecular formula is C15H20N2OS. The van der Waals surface area contributed by atoms with Gasteiger partial charge in [0.15, 0.2) is 4.77 Å². The quantitative estimate of drug-likeness (QED) is 0.793. The van der Waals surface area contributed by atoms with Crippen LogP contribution < -0.4 is 0 Å². The number of H-pyrrole nitrogens is 1. The third-order valence-electron chi connectivity index (χ3n) is 3.91. The number of benzene rings is 1. The first-order valence-corrected chi connectivity index (χ1v) is 7.22. The van der Waals surface area contributed by atoms with Gasteiger partial charge in [0.05, 0.1) is 16.6 Å². The van der Waals surface area contributed by atoms with Crippen molar-refractivity contribution in [2.45, 2.75) is 45.3 Å². The van der Waals surface area contributed by atoms with Crippen molar-refractivity contribution in [3.63, 3.8) is 0 Å². The van der Waals surface area contributed by atoms with Gasteiger partial charge in [0.25, 0.3) is 0 Å². The van der Waals surface area contributed by atoms with Crippen molar-refractivity contribution in [1.82, 2.24) is 9.55 Å². The molecule has 0 amide bonds. The van der Waals surface area contributed by atoms with Gasteiger partial charge in [-0.2, -0.15) is 0 Å². The Balaban J connectivity index is 2.11. The second-order valence-corrected chi connectivity index (χ2v) is 6.46. The van der Waals surface area contributed by atoms with Gasteiger partial charge in [-0.1, -0.05) is 6.07 Å². The molecule has 2 aromatic rings. The Morgan fingerprint density at radius 1 is 1.42 bits per heavy atom. The van der Waals surface area contributed by atoms with E-state index in [1.165, 1.54) is 11.1 Å². The minimum Gasteiger partial charge on any atom is -0.375 e. The molecule has 102 valence electrons. The van der Waals surface area contributed by atoms with Gasteiger partial charge in [-0.05, 0) is 63.5 Å². The number of fused-ring (bicyclic) bond motifs is 1. The lowest BCUT2D eigenvalue weighted by atomic mass is 9.93. The van der Waals surface area contributed by atoms with Crippen LogP contribution in [0.15, 0.2) is 18.2 Å². The fourth-order valence-corrected chi connectivity index (χ4v) is 3.37. The molecule has 1 fully saturated rings. The molecule has 3 rings (SSSR count). The number of ether oxygens (including phenoxy) is 1. The van der Waals surface area contributed by atoms with Gasteiger partial charge in [-0.25, -0.2) is 0 Å². The van der Waals surface area contributed by atoms with E-state index in [9.17, 15) is 0 Å². The van der Waals surface area contributed by atoms with Crippen molar-refractivity contribution in [2.24, 2.45) is 0 Å². The van der Waals surface area contributed by atoms with Crippen LogP contribution in [0.25, 0.3) is 11.0 Å². The van der Waals surface area contributed by atoms with E-state index in [2.05, 4.69) is 48.5 Å². The molecule has 0 spiro atoms. The number of nitrogens with one attached hydrogen (secondary N) is 1. The number of hydrogen-bond acceptors (Lipinski definition) is 2. The van der Waals surface area contributed by atoms with E-state index < -0.39 is 0 Å². The molecular weight excluding hydrogens is 256 g/mol. The van der Waals surface area contributed by atoms with Crippen LogP contribution in [0.1, 0.15) is 38.3 Å². The summed E-state index contributed by atoms with van der Waals surface area (Å²) in [7, 11) is 0. The minimum absolute atomic E-state index is 0.0644. The van der Waals surface area contributed by atoms with Crippen molar-refractivity contribution < 1.29 is 4.74 Å². The van der Waals surface area contributed by atoms with E-state index >= 15 is 0 Å². The molecule has 1 aliphatic heterocycles. The maximum absolute atomic E-state index is 5.81. The average Bonchev–Trinajstić information content (AvgIpc) is 2.63. The number of aromatic amines is 1. The molecule has 3 nitrogen and oxygen atoms in total. The van der Waals surface area contributed by atoms with Crippen LogP contribution in [-0.2, 0) is 4.74 Å². The molecule has 0 aliphatic carbocycles. The summed E-state index contributed by atoms with van der Waals surface area (Å²) >= 11 is 5.52. The second-order valence-electron chi connectivity index (χ2n) is 6.08. The minimum atomic E-state index is -0.0644. The summed E-state index contributed by atoms with van der Waals surface area (Å²) in [6.45, 7) is 7.23. The van der Waals surface area contributed by atoms with Gasteiger partial charge in [0.1, 0.15) is 0 Å². The highest BCUT2D eigenvalue weighted by molar-refractivity contribution is 7.71. The Morgan fingerprint density at radius 3 is 2.95 bits per heavy atom. The van der Waals surface area contributed by atoms with E-state index in [4.69, 9.17) is 17.0 Å². The highest BCUT2D eigenvalue weighted by Crippen LogP contribution is 2.34. The van der Waals surface area contributed by atoms with Crippen LogP contribution in [-0.4, -0.2) is 21.8 Å². The number of rotatable bonds is 1. The average molecular weight is 276 g/mol. The van der Waals surface area contributed by atoms with Crippen LogP contribution in [0.2, 0.25) is 0 Å². The summed E-state index contributed by atoms with van der Waals surface area (Å²) in [5.41, 5.74) is 3.54. The SMILES string of the molecule is Cc1ccc2[nH]c(=S)n(C3CCOC(C)(C)C3)c2c1. The second kappa shape index (κ2) is 4.46. The molecule has 0 radical (unpaired) electrons. The molecule has 0 bridgehead atoms. The van der Waals surface area contributed by atoms with Crippen LogP contribution in [0.3, 0.4) is 0 Å². The Bertz CT molecular complexity index is 668. The number of nitrogens with zero attached hydrogens (tertiary/aromatic N) is 1. The summed E-state index contributed by atoms with van der Waals surface area (Å²) in [5, 5.41) is 0. The Morgan fingerprint density at radius 2 is 2.21 bits per heavy atom. The summed E-state index contributed by atoms with van der Waals surface area (Å²) in [6, 6.07) is 6.86. The third-order valence-corrected chi connectivity index (χ3v) is 4.21. The fourth-order valence-electron chi connectivity index (χ4n) is 3.01. The molecule has 1 aliphatic rings. The summed E-state index contributed by atoms with van der Waals surface area (Å²) < 4.78 is 8.91. The van der Waals surface area contributed by atoms with Crippen molar-refractivity contribution in [2.75, 3.05) is 6.61 Å². The van der Waals surface area contributed by atoms with Crippen molar-refractivity contribution in [3.8, 4) is 0 Å². The van der Waals surface area contributed by atoms with Crippen molar-refractivity contribution in [3.05, 3.63) is 28.5 Å². The normalized spacial score (nSPS) is 22.8. The van der Waals surface area contributed by atoms with Crippen LogP contribution in [0.4, 0.5) is 0 Å². The Labute approximate surface area is 118 Å². The molecule has 19 heavy (non-hydrogen) atoms. The number of aryl methyl sites for hydroxylation is 1. The van der Waals surface area contributed by atoms with Crippen LogP contribution >= 0.6 is 12.2 Å². The lowest BCUT2D eigenvalue weighted by Crippen LogP contribution is -2.35. The van der Waals surface area contributed by atoms with Gasteiger partial charge >= 0.3 is 0 Å². The largest absolute Gasteiger partial charge is 0.375 e. The standard InChI is InChI=1S/C15H20N2OS/c1-10-4-5-12-13(8-10)17(14(19)16-12)11-6-7-18-15(2,3)9-11/h4-5,8,11H,6-7,9H2,1-3H3,(H,16,19). The molecule has 2 heterocycles. The fraction of sp³-hybridized carbons (Fsp3) is 0.533. The van der Waals surface area contributed by atoms with Gasteiger partial charge < -0.3 is 14.3 Å².